The Kier molecular flexibility index (Phi) is 3.56. The van der Waals surface area contributed by atoms with Crippen LogP contribution < -0.4 is 0 Å². The Morgan fingerprint density at radius 2 is 2.00 bits per heavy atom. The number of nitrogens with zero attached hydrogens (tertiary/aromatic N) is 2. The van der Waals surface area contributed by atoms with Gasteiger partial charge < -0.3 is 5.11 Å². The predicted octanol–water partition coefficient (Wildman–Crippen LogP) is 4.71. The van der Waals surface area contributed by atoms with Gasteiger partial charge in [-0.3, -0.25) is 9.97 Å². The molecule has 3 heteroatoms. The highest BCUT2D eigenvalue weighted by atomic mass is 16.3. The molecule has 136 valence electrons. The summed E-state index contributed by atoms with van der Waals surface area (Å²) >= 11 is 0. The lowest BCUT2D eigenvalue weighted by molar-refractivity contribution is 0.0369. The van der Waals surface area contributed by atoms with Crippen molar-refractivity contribution >= 4 is 5.57 Å². The van der Waals surface area contributed by atoms with Crippen molar-refractivity contribution in [2.24, 2.45) is 22.7 Å². The summed E-state index contributed by atoms with van der Waals surface area (Å²) < 4.78 is 0. The minimum atomic E-state index is -0.129. The topological polar surface area (TPSA) is 46.0 Å². The van der Waals surface area contributed by atoms with Crippen molar-refractivity contribution in [1.82, 2.24) is 9.97 Å². The average molecular weight is 348 g/mol. The maximum atomic E-state index is 10.1. The van der Waals surface area contributed by atoms with Crippen molar-refractivity contribution in [3.05, 3.63) is 53.7 Å². The number of allylic oxidation sites excluding steroid dienone is 5. The van der Waals surface area contributed by atoms with Crippen LogP contribution in [0, 0.1) is 22.7 Å². The third-order valence-corrected chi connectivity index (χ3v) is 7.96. The molecule has 1 heterocycles. The van der Waals surface area contributed by atoms with Gasteiger partial charge in [-0.15, -0.1) is 0 Å². The molecule has 5 unspecified atom stereocenters. The zero-order chi connectivity index (χ0) is 17.9. The molecule has 4 aliphatic rings. The summed E-state index contributed by atoms with van der Waals surface area (Å²) in [6.07, 6.45) is 19.0. The summed E-state index contributed by atoms with van der Waals surface area (Å²) in [6, 6.07) is 0. The Bertz CT molecular complexity index is 824. The molecule has 0 radical (unpaired) electrons. The molecule has 3 nitrogen and oxygen atoms in total. The summed E-state index contributed by atoms with van der Waals surface area (Å²) in [5.41, 5.74) is 5.89. The van der Waals surface area contributed by atoms with E-state index >= 15 is 0 Å². The first-order chi connectivity index (χ1) is 12.5. The van der Waals surface area contributed by atoms with Crippen LogP contribution in [0.15, 0.2) is 48.0 Å². The minimum Gasteiger partial charge on any atom is -0.393 e. The molecule has 0 spiro atoms. The lowest BCUT2D eigenvalue weighted by Gasteiger charge is -2.56. The van der Waals surface area contributed by atoms with Crippen LogP contribution in [-0.4, -0.2) is 21.2 Å². The van der Waals surface area contributed by atoms with Crippen LogP contribution in [0.2, 0.25) is 0 Å². The van der Waals surface area contributed by atoms with Gasteiger partial charge in [0.2, 0.25) is 0 Å². The van der Waals surface area contributed by atoms with E-state index in [9.17, 15) is 5.11 Å². The maximum absolute atomic E-state index is 10.1. The third-order valence-electron chi connectivity index (χ3n) is 7.96. The van der Waals surface area contributed by atoms with Crippen LogP contribution in [-0.2, 0) is 0 Å². The molecule has 0 aromatic carbocycles. The molecule has 2 saturated carbocycles. The van der Waals surface area contributed by atoms with Crippen LogP contribution >= 0.6 is 0 Å². The van der Waals surface area contributed by atoms with Gasteiger partial charge in [-0.05, 0) is 61.3 Å². The number of aromatic nitrogens is 2. The number of aliphatic hydroxyl groups is 1. The number of rotatable bonds is 1. The van der Waals surface area contributed by atoms with Gasteiger partial charge in [-0.1, -0.05) is 43.2 Å². The Morgan fingerprint density at radius 1 is 1.12 bits per heavy atom. The average Bonchev–Trinajstić information content (AvgIpc) is 3.00. The van der Waals surface area contributed by atoms with Crippen LogP contribution in [0.5, 0.6) is 0 Å². The molecule has 1 aromatic heterocycles. The van der Waals surface area contributed by atoms with Crippen molar-refractivity contribution < 1.29 is 5.11 Å². The highest BCUT2D eigenvalue weighted by Crippen LogP contribution is 2.64. The number of fused-ring (bicyclic) bond motifs is 5. The molecule has 5 atom stereocenters. The molecular weight excluding hydrogens is 320 g/mol. The van der Waals surface area contributed by atoms with E-state index in [0.29, 0.717) is 11.8 Å². The number of aliphatic hydroxyl groups excluding tert-OH is 1. The highest BCUT2D eigenvalue weighted by molar-refractivity contribution is 5.76. The van der Waals surface area contributed by atoms with Gasteiger partial charge in [0.1, 0.15) is 0 Å². The second kappa shape index (κ2) is 5.63. The predicted molar refractivity (Wildman–Crippen MR) is 103 cm³/mol. The summed E-state index contributed by atoms with van der Waals surface area (Å²) in [5, 5.41) is 10.1. The molecule has 0 aliphatic heterocycles. The van der Waals surface area contributed by atoms with Gasteiger partial charge in [-0.2, -0.15) is 0 Å². The minimum absolute atomic E-state index is 0.104. The van der Waals surface area contributed by atoms with Crippen LogP contribution in [0.25, 0.3) is 5.57 Å². The molecular formula is C23H28N2O. The second-order valence-corrected chi connectivity index (χ2v) is 9.16. The smallest absolute Gasteiger partial charge is 0.0853 e. The van der Waals surface area contributed by atoms with Crippen molar-refractivity contribution in [3.63, 3.8) is 0 Å². The summed E-state index contributed by atoms with van der Waals surface area (Å²) in [4.78, 5) is 8.88. The normalized spacial score (nSPS) is 41.3. The molecule has 1 N–H and O–H groups in total. The van der Waals surface area contributed by atoms with E-state index in [-0.39, 0.29) is 16.9 Å². The van der Waals surface area contributed by atoms with Crippen molar-refractivity contribution in [2.45, 2.75) is 58.5 Å². The zero-order valence-electron chi connectivity index (χ0n) is 15.8. The fraction of sp³-hybridized carbons (Fsp3) is 0.565. The lowest BCUT2D eigenvalue weighted by Crippen LogP contribution is -2.47. The standard InChI is InChI=1S/C23H28N2O/c1-22-9-7-16(26)13-15(22)3-4-17-18-5-6-20(21-14-24-11-12-25-21)23(18,2)10-8-19(17)22/h3,5-6,11-12,14,16-17,19,26H,4,7-10,13H2,1-2H3. The summed E-state index contributed by atoms with van der Waals surface area (Å²) in [6.45, 7) is 4.88. The van der Waals surface area contributed by atoms with Gasteiger partial charge in [0, 0.05) is 17.8 Å². The van der Waals surface area contributed by atoms with Gasteiger partial charge in [-0.25, -0.2) is 0 Å². The summed E-state index contributed by atoms with van der Waals surface area (Å²) in [5.74, 6) is 1.34. The fourth-order valence-electron chi connectivity index (χ4n) is 6.46. The Hall–Kier alpha value is -1.74. The van der Waals surface area contributed by atoms with Gasteiger partial charge >= 0.3 is 0 Å². The number of hydrogen-bond acceptors (Lipinski definition) is 3. The summed E-state index contributed by atoms with van der Waals surface area (Å²) in [7, 11) is 0. The first kappa shape index (κ1) is 16.4. The largest absolute Gasteiger partial charge is 0.393 e. The van der Waals surface area contributed by atoms with E-state index in [1.54, 1.807) is 18.0 Å². The van der Waals surface area contributed by atoms with Crippen LogP contribution in [0.4, 0.5) is 0 Å². The van der Waals surface area contributed by atoms with Gasteiger partial charge in [0.25, 0.3) is 0 Å². The Labute approximate surface area is 156 Å². The van der Waals surface area contributed by atoms with Crippen LogP contribution in [0.3, 0.4) is 0 Å². The number of hydrogen-bond donors (Lipinski definition) is 1. The Morgan fingerprint density at radius 3 is 2.81 bits per heavy atom. The van der Waals surface area contributed by atoms with E-state index in [2.05, 4.69) is 42.0 Å². The first-order valence-corrected chi connectivity index (χ1v) is 10.1. The molecule has 0 bridgehead atoms. The molecule has 0 amide bonds. The monoisotopic (exact) mass is 348 g/mol. The van der Waals surface area contributed by atoms with E-state index < -0.39 is 0 Å². The van der Waals surface area contributed by atoms with E-state index in [4.69, 9.17) is 0 Å². The maximum Gasteiger partial charge on any atom is 0.0853 e. The van der Waals surface area contributed by atoms with Gasteiger partial charge in [0.05, 0.1) is 18.0 Å². The van der Waals surface area contributed by atoms with E-state index in [0.717, 1.165) is 31.4 Å². The molecule has 2 fully saturated rings. The van der Waals surface area contributed by atoms with Crippen LogP contribution in [0.1, 0.15) is 58.1 Å². The first-order valence-electron chi connectivity index (χ1n) is 10.1. The molecule has 4 aliphatic carbocycles. The van der Waals surface area contributed by atoms with Crippen molar-refractivity contribution in [1.29, 1.82) is 0 Å². The van der Waals surface area contributed by atoms with Gasteiger partial charge in [0.15, 0.2) is 0 Å². The Balaban J connectivity index is 1.50. The zero-order valence-corrected chi connectivity index (χ0v) is 15.8. The van der Waals surface area contributed by atoms with Crippen molar-refractivity contribution in [2.75, 3.05) is 0 Å². The van der Waals surface area contributed by atoms with Crippen molar-refractivity contribution in [3.8, 4) is 0 Å². The lowest BCUT2D eigenvalue weighted by atomic mass is 9.49. The fourth-order valence-corrected chi connectivity index (χ4v) is 6.46. The van der Waals surface area contributed by atoms with E-state index in [1.165, 1.54) is 24.0 Å². The van der Waals surface area contributed by atoms with E-state index in [1.807, 2.05) is 6.20 Å². The molecule has 1 aromatic rings. The third kappa shape index (κ3) is 2.16. The SMILES string of the molecule is CC12CCC3C(CC=C4CC(O)CCC43C)C1=CC=C2c1cnccn1. The molecule has 0 saturated heterocycles. The highest BCUT2D eigenvalue weighted by Gasteiger charge is 2.54. The molecule has 26 heavy (non-hydrogen) atoms. The second-order valence-electron chi connectivity index (χ2n) is 9.16. The molecule has 5 rings (SSSR count). The quantitative estimate of drug-likeness (QED) is 0.747.